The molecule has 0 aromatic heterocycles. The molecule has 0 amide bonds. The molecule has 0 saturated carbocycles. The van der Waals surface area contributed by atoms with Crippen LogP contribution >= 0.6 is 15.9 Å². The van der Waals surface area contributed by atoms with Crippen LogP contribution in [0.2, 0.25) is 0 Å². The van der Waals surface area contributed by atoms with Crippen molar-refractivity contribution in [1.29, 1.82) is 0 Å². The largest absolute Gasteiger partial charge is 0.301 e. The fraction of sp³-hybridized carbons (Fsp3) is 0.917. The molecule has 1 aliphatic rings. The lowest BCUT2D eigenvalue weighted by atomic mass is 9.92. The summed E-state index contributed by atoms with van der Waals surface area (Å²) in [6.07, 6.45) is 2.20. The van der Waals surface area contributed by atoms with Gasteiger partial charge in [-0.3, -0.25) is 4.90 Å². The van der Waals surface area contributed by atoms with E-state index in [4.69, 9.17) is 0 Å². The Hall–Kier alpha value is 0.0700. The van der Waals surface area contributed by atoms with E-state index in [2.05, 4.69) is 46.5 Å². The van der Waals surface area contributed by atoms with Crippen LogP contribution in [-0.2, 0) is 4.79 Å². The van der Waals surface area contributed by atoms with E-state index in [1.807, 2.05) is 0 Å². The van der Waals surface area contributed by atoms with Gasteiger partial charge in [-0.15, -0.1) is 0 Å². The van der Waals surface area contributed by atoms with Gasteiger partial charge in [0.05, 0.1) is 0 Å². The average molecular weight is 291 g/mol. The molecule has 0 radical (unpaired) electrons. The molecule has 0 spiro atoms. The molecule has 16 heavy (non-hydrogen) atoms. The fourth-order valence-electron chi connectivity index (χ4n) is 1.81. The molecule has 0 aromatic carbocycles. The molecule has 4 heteroatoms. The summed E-state index contributed by atoms with van der Waals surface area (Å²) in [5, 5.41) is 0. The molecule has 1 fully saturated rings. The number of aldehydes is 1. The molecule has 1 heterocycles. The SMILES string of the molecule is CC(C)(C)CCN1CCN(C(Br)C=O)CC1. The Kier molecular flexibility index (Phi) is 5.41. The van der Waals surface area contributed by atoms with Gasteiger partial charge in [0.2, 0.25) is 0 Å². The maximum atomic E-state index is 10.6. The lowest BCUT2D eigenvalue weighted by Crippen LogP contribution is -2.49. The summed E-state index contributed by atoms with van der Waals surface area (Å²) in [6.45, 7) is 12.1. The van der Waals surface area contributed by atoms with E-state index in [0.717, 1.165) is 32.5 Å². The number of rotatable bonds is 4. The number of alkyl halides is 1. The fourth-order valence-corrected chi connectivity index (χ4v) is 2.22. The molecule has 1 saturated heterocycles. The monoisotopic (exact) mass is 290 g/mol. The normalized spacial score (nSPS) is 22.0. The van der Waals surface area contributed by atoms with Crippen molar-refractivity contribution in [3.8, 4) is 0 Å². The van der Waals surface area contributed by atoms with Crippen molar-refractivity contribution in [3.05, 3.63) is 0 Å². The zero-order valence-electron chi connectivity index (χ0n) is 10.6. The van der Waals surface area contributed by atoms with E-state index in [-0.39, 0.29) is 4.95 Å². The minimum Gasteiger partial charge on any atom is -0.301 e. The minimum atomic E-state index is -0.0998. The van der Waals surface area contributed by atoms with Crippen molar-refractivity contribution in [2.45, 2.75) is 32.1 Å². The number of halogens is 1. The van der Waals surface area contributed by atoms with Crippen LogP contribution in [0.1, 0.15) is 27.2 Å². The Morgan fingerprint density at radius 3 is 2.25 bits per heavy atom. The summed E-state index contributed by atoms with van der Waals surface area (Å²) >= 11 is 3.37. The Morgan fingerprint density at radius 2 is 1.81 bits per heavy atom. The molecular formula is C12H23BrN2O. The van der Waals surface area contributed by atoms with E-state index in [0.29, 0.717) is 5.41 Å². The van der Waals surface area contributed by atoms with E-state index in [1.54, 1.807) is 0 Å². The van der Waals surface area contributed by atoms with E-state index >= 15 is 0 Å². The van der Waals surface area contributed by atoms with Crippen molar-refractivity contribution < 1.29 is 4.79 Å². The quantitative estimate of drug-likeness (QED) is 0.449. The highest BCUT2D eigenvalue weighted by molar-refractivity contribution is 9.09. The van der Waals surface area contributed by atoms with Crippen molar-refractivity contribution in [2.24, 2.45) is 5.41 Å². The maximum absolute atomic E-state index is 10.6. The van der Waals surface area contributed by atoms with Crippen molar-refractivity contribution >= 4 is 22.2 Å². The summed E-state index contributed by atoms with van der Waals surface area (Å²) in [5.74, 6) is 0. The first kappa shape index (κ1) is 14.1. The van der Waals surface area contributed by atoms with Crippen LogP contribution in [0.4, 0.5) is 0 Å². The van der Waals surface area contributed by atoms with Gasteiger partial charge in [-0.2, -0.15) is 0 Å². The van der Waals surface area contributed by atoms with Gasteiger partial charge in [0.1, 0.15) is 11.2 Å². The number of hydrogen-bond donors (Lipinski definition) is 0. The first-order valence-corrected chi connectivity index (χ1v) is 6.90. The van der Waals surface area contributed by atoms with Crippen LogP contribution in [0, 0.1) is 5.41 Å². The summed E-state index contributed by atoms with van der Waals surface area (Å²) in [4.78, 5) is 15.2. The van der Waals surface area contributed by atoms with E-state index in [9.17, 15) is 4.79 Å². The highest BCUT2D eigenvalue weighted by Crippen LogP contribution is 2.19. The van der Waals surface area contributed by atoms with Crippen molar-refractivity contribution in [2.75, 3.05) is 32.7 Å². The van der Waals surface area contributed by atoms with Gasteiger partial charge < -0.3 is 9.69 Å². The maximum Gasteiger partial charge on any atom is 0.148 e. The van der Waals surface area contributed by atoms with Gasteiger partial charge in [-0.25, -0.2) is 0 Å². The van der Waals surface area contributed by atoms with Crippen LogP contribution in [0.15, 0.2) is 0 Å². The molecular weight excluding hydrogens is 268 g/mol. The minimum absolute atomic E-state index is 0.0998. The predicted molar refractivity (Wildman–Crippen MR) is 70.9 cm³/mol. The Morgan fingerprint density at radius 1 is 1.25 bits per heavy atom. The molecule has 0 bridgehead atoms. The van der Waals surface area contributed by atoms with E-state index < -0.39 is 0 Å². The summed E-state index contributed by atoms with van der Waals surface area (Å²) in [5.41, 5.74) is 0.415. The number of nitrogens with zero attached hydrogens (tertiary/aromatic N) is 2. The molecule has 1 unspecified atom stereocenters. The van der Waals surface area contributed by atoms with Crippen molar-refractivity contribution in [1.82, 2.24) is 9.80 Å². The topological polar surface area (TPSA) is 23.6 Å². The smallest absolute Gasteiger partial charge is 0.148 e. The highest BCUT2D eigenvalue weighted by atomic mass is 79.9. The van der Waals surface area contributed by atoms with Crippen LogP contribution in [-0.4, -0.2) is 53.8 Å². The van der Waals surface area contributed by atoms with Gasteiger partial charge in [-0.05, 0) is 18.4 Å². The third-order valence-electron chi connectivity index (χ3n) is 3.05. The predicted octanol–water partition coefficient (Wildman–Crippen LogP) is 1.96. The Balaban J connectivity index is 2.24. The van der Waals surface area contributed by atoms with Gasteiger partial charge in [0.15, 0.2) is 0 Å². The summed E-state index contributed by atoms with van der Waals surface area (Å²) in [7, 11) is 0. The summed E-state index contributed by atoms with van der Waals surface area (Å²) in [6, 6.07) is 0. The first-order chi connectivity index (χ1) is 7.42. The van der Waals surface area contributed by atoms with Gasteiger partial charge >= 0.3 is 0 Å². The molecule has 3 nitrogen and oxygen atoms in total. The number of piperazine rings is 1. The second-order valence-electron chi connectivity index (χ2n) is 5.70. The molecule has 1 rings (SSSR count). The number of hydrogen-bond acceptors (Lipinski definition) is 3. The first-order valence-electron chi connectivity index (χ1n) is 5.98. The number of carbonyl (C=O) groups is 1. The zero-order valence-corrected chi connectivity index (χ0v) is 12.2. The summed E-state index contributed by atoms with van der Waals surface area (Å²) < 4.78 is 0. The van der Waals surface area contributed by atoms with Crippen molar-refractivity contribution in [3.63, 3.8) is 0 Å². The zero-order chi connectivity index (χ0) is 12.2. The van der Waals surface area contributed by atoms with Gasteiger partial charge in [0.25, 0.3) is 0 Å². The highest BCUT2D eigenvalue weighted by Gasteiger charge is 2.22. The Labute approximate surface area is 107 Å². The van der Waals surface area contributed by atoms with Crippen LogP contribution in [0.25, 0.3) is 0 Å². The van der Waals surface area contributed by atoms with Gasteiger partial charge in [-0.1, -0.05) is 36.7 Å². The Bertz CT molecular complexity index is 220. The lowest BCUT2D eigenvalue weighted by molar-refractivity contribution is -0.110. The van der Waals surface area contributed by atoms with Crippen LogP contribution in [0.5, 0.6) is 0 Å². The van der Waals surface area contributed by atoms with Crippen LogP contribution in [0.3, 0.4) is 0 Å². The molecule has 0 aliphatic carbocycles. The average Bonchev–Trinajstić information content (AvgIpc) is 2.25. The second-order valence-corrected chi connectivity index (χ2v) is 6.64. The van der Waals surface area contributed by atoms with E-state index in [1.165, 1.54) is 13.0 Å². The number of carbonyl (C=O) groups excluding carboxylic acids is 1. The van der Waals surface area contributed by atoms with Gasteiger partial charge in [0, 0.05) is 26.2 Å². The third kappa shape index (κ3) is 4.93. The second kappa shape index (κ2) is 6.12. The molecule has 1 aliphatic heterocycles. The molecule has 94 valence electrons. The third-order valence-corrected chi connectivity index (χ3v) is 3.84. The standard InChI is InChI=1S/C12H23BrN2O/c1-12(2,3)4-5-14-6-8-15(9-7-14)11(13)10-16/h10-11H,4-9H2,1-3H3. The molecule has 0 N–H and O–H groups in total. The molecule has 0 aromatic rings. The van der Waals surface area contributed by atoms with Crippen LogP contribution < -0.4 is 0 Å². The molecule has 1 atom stereocenters. The lowest BCUT2D eigenvalue weighted by Gasteiger charge is -2.36.